The van der Waals surface area contributed by atoms with Crippen LogP contribution in [0.3, 0.4) is 0 Å². The van der Waals surface area contributed by atoms with Crippen LogP contribution in [0.25, 0.3) is 0 Å². The van der Waals surface area contributed by atoms with Gasteiger partial charge in [0.2, 0.25) is 0 Å². The first-order chi connectivity index (χ1) is 5.24. The number of hydrogen-bond acceptors (Lipinski definition) is 1. The van der Waals surface area contributed by atoms with Gasteiger partial charge in [0.25, 0.3) is 0 Å². The average Bonchev–Trinajstić information content (AvgIpc) is 2.05. The van der Waals surface area contributed by atoms with E-state index in [4.69, 9.17) is 18.0 Å². The molecule has 2 heteroatoms. The predicted molar refractivity (Wildman–Crippen MR) is 58.4 cm³/mol. The van der Waals surface area contributed by atoms with E-state index in [1.165, 1.54) is 5.56 Å². The second-order valence-electron chi connectivity index (χ2n) is 2.41. The van der Waals surface area contributed by atoms with Crippen LogP contribution in [0.2, 0.25) is 0 Å². The Morgan fingerprint density at radius 2 is 1.83 bits per heavy atom. The first-order valence-corrected chi connectivity index (χ1v) is 4.03. The molecule has 0 unspecified atom stereocenters. The lowest BCUT2D eigenvalue weighted by atomic mass is 10.1. The molecule has 1 aromatic rings. The van der Waals surface area contributed by atoms with Gasteiger partial charge in [0, 0.05) is 5.56 Å². The van der Waals surface area contributed by atoms with E-state index in [2.05, 4.69) is 19.1 Å². The van der Waals surface area contributed by atoms with Crippen molar-refractivity contribution >= 4 is 17.2 Å². The Balaban J connectivity index is 0.00000121. The topological polar surface area (TPSA) is 26.0 Å². The summed E-state index contributed by atoms with van der Waals surface area (Å²) in [6, 6.07) is 8.02. The molecule has 0 aliphatic heterocycles. The molecule has 0 bridgehead atoms. The van der Waals surface area contributed by atoms with E-state index in [1.54, 1.807) is 0 Å². The largest absolute Gasteiger partial charge is 0.389 e. The van der Waals surface area contributed by atoms with Crippen LogP contribution in [0.5, 0.6) is 0 Å². The van der Waals surface area contributed by atoms with Crippen molar-refractivity contribution in [1.29, 1.82) is 0 Å². The van der Waals surface area contributed by atoms with E-state index < -0.39 is 0 Å². The second-order valence-corrected chi connectivity index (χ2v) is 2.85. The number of aryl methyl sites for hydroxylation is 1. The number of thiocarbonyl (C=S) groups is 1. The van der Waals surface area contributed by atoms with Crippen LogP contribution in [-0.2, 0) is 6.42 Å². The molecular formula is C10H15NS. The summed E-state index contributed by atoms with van der Waals surface area (Å²) in [7, 11) is 0. The number of nitrogens with two attached hydrogens (primary N) is 1. The van der Waals surface area contributed by atoms with Crippen molar-refractivity contribution < 1.29 is 0 Å². The number of hydrogen-bond donors (Lipinski definition) is 1. The Bertz CT molecular complexity index is 251. The maximum absolute atomic E-state index is 5.44. The van der Waals surface area contributed by atoms with Crippen molar-refractivity contribution in [2.75, 3.05) is 0 Å². The van der Waals surface area contributed by atoms with Crippen molar-refractivity contribution in [2.45, 2.75) is 20.8 Å². The van der Waals surface area contributed by atoms with Crippen molar-refractivity contribution in [3.63, 3.8) is 0 Å². The summed E-state index contributed by atoms with van der Waals surface area (Å²) in [6.07, 6.45) is 1.05. The molecule has 0 aliphatic rings. The number of benzene rings is 1. The smallest absolute Gasteiger partial charge is 0.103 e. The third kappa shape index (κ3) is 2.62. The van der Waals surface area contributed by atoms with Gasteiger partial charge in [-0.15, -0.1) is 0 Å². The summed E-state index contributed by atoms with van der Waals surface area (Å²) in [6.45, 7) is 2.12. The molecule has 0 heterocycles. The van der Waals surface area contributed by atoms with Gasteiger partial charge in [-0.2, -0.15) is 0 Å². The molecule has 0 spiro atoms. The summed E-state index contributed by atoms with van der Waals surface area (Å²) in [5.74, 6) is 0. The van der Waals surface area contributed by atoms with Crippen molar-refractivity contribution in [2.24, 2.45) is 5.73 Å². The number of rotatable bonds is 2. The molecule has 0 radical (unpaired) electrons. The zero-order valence-electron chi connectivity index (χ0n) is 6.50. The van der Waals surface area contributed by atoms with Gasteiger partial charge in [-0.25, -0.2) is 0 Å². The van der Waals surface area contributed by atoms with Crippen molar-refractivity contribution in [3.05, 3.63) is 35.4 Å². The first kappa shape index (κ1) is 11.1. The molecule has 0 atom stereocenters. The van der Waals surface area contributed by atoms with Gasteiger partial charge in [-0.05, 0) is 12.0 Å². The van der Waals surface area contributed by atoms with Gasteiger partial charge in [0.1, 0.15) is 4.99 Å². The molecule has 12 heavy (non-hydrogen) atoms. The molecule has 0 fully saturated rings. The van der Waals surface area contributed by atoms with Gasteiger partial charge >= 0.3 is 0 Å². The van der Waals surface area contributed by atoms with Crippen LogP contribution in [0.4, 0.5) is 0 Å². The minimum Gasteiger partial charge on any atom is -0.389 e. The zero-order valence-corrected chi connectivity index (χ0v) is 7.32. The fourth-order valence-electron chi connectivity index (χ4n) is 0.905. The Kier molecular flexibility index (Phi) is 4.52. The average molecular weight is 181 g/mol. The predicted octanol–water partition coefficient (Wildman–Crippen LogP) is 2.52. The van der Waals surface area contributed by atoms with E-state index in [9.17, 15) is 0 Å². The monoisotopic (exact) mass is 181 g/mol. The van der Waals surface area contributed by atoms with Crippen LogP contribution >= 0.6 is 12.2 Å². The highest BCUT2D eigenvalue weighted by Crippen LogP contribution is 2.04. The normalized spacial score (nSPS) is 8.75. The third-order valence-corrected chi connectivity index (χ3v) is 1.88. The minimum atomic E-state index is 0. The van der Waals surface area contributed by atoms with Crippen molar-refractivity contribution in [1.82, 2.24) is 0 Å². The van der Waals surface area contributed by atoms with E-state index in [-0.39, 0.29) is 7.43 Å². The fraction of sp³-hybridized carbons (Fsp3) is 0.300. The lowest BCUT2D eigenvalue weighted by molar-refractivity contribution is 1.14. The summed E-state index contributed by atoms with van der Waals surface area (Å²) in [5, 5.41) is 0. The Morgan fingerprint density at radius 3 is 2.17 bits per heavy atom. The van der Waals surface area contributed by atoms with Crippen LogP contribution in [-0.4, -0.2) is 4.99 Å². The Hall–Kier alpha value is -0.890. The molecule has 66 valence electrons. The summed E-state index contributed by atoms with van der Waals surface area (Å²) >= 11 is 4.82. The van der Waals surface area contributed by atoms with Crippen LogP contribution in [0.15, 0.2) is 24.3 Å². The molecule has 2 N–H and O–H groups in total. The summed E-state index contributed by atoms with van der Waals surface area (Å²) < 4.78 is 0. The van der Waals surface area contributed by atoms with Gasteiger partial charge in [0.15, 0.2) is 0 Å². The first-order valence-electron chi connectivity index (χ1n) is 3.62. The van der Waals surface area contributed by atoms with Gasteiger partial charge in [-0.3, -0.25) is 0 Å². The summed E-state index contributed by atoms with van der Waals surface area (Å²) in [4.78, 5) is 0.465. The molecule has 0 aliphatic carbocycles. The molecular weight excluding hydrogens is 166 g/mol. The van der Waals surface area contributed by atoms with Crippen molar-refractivity contribution in [3.8, 4) is 0 Å². The molecule has 1 nitrogen and oxygen atoms in total. The molecule has 1 aromatic carbocycles. The quantitative estimate of drug-likeness (QED) is 0.709. The summed E-state index contributed by atoms with van der Waals surface area (Å²) in [5.41, 5.74) is 7.69. The SMILES string of the molecule is C.CCc1ccc(C(N)=S)cc1. The van der Waals surface area contributed by atoms with E-state index in [1.807, 2.05) is 12.1 Å². The highest BCUT2D eigenvalue weighted by atomic mass is 32.1. The molecule has 0 saturated carbocycles. The fourth-order valence-corrected chi connectivity index (χ4v) is 1.04. The van der Waals surface area contributed by atoms with Gasteiger partial charge in [-0.1, -0.05) is 50.8 Å². The van der Waals surface area contributed by atoms with E-state index >= 15 is 0 Å². The highest BCUT2D eigenvalue weighted by molar-refractivity contribution is 7.80. The van der Waals surface area contributed by atoms with Crippen LogP contribution in [0.1, 0.15) is 25.5 Å². The van der Waals surface area contributed by atoms with E-state index in [0.717, 1.165) is 12.0 Å². The minimum absolute atomic E-state index is 0. The Morgan fingerprint density at radius 1 is 1.33 bits per heavy atom. The standard InChI is InChI=1S/C9H11NS.CH4/c1-2-7-3-5-8(6-4-7)9(10)11;/h3-6H,2H2,1H3,(H2,10,11);1H4. The van der Waals surface area contributed by atoms with Gasteiger partial charge < -0.3 is 5.73 Å². The van der Waals surface area contributed by atoms with Gasteiger partial charge in [0.05, 0.1) is 0 Å². The molecule has 0 amide bonds. The third-order valence-electron chi connectivity index (χ3n) is 1.65. The van der Waals surface area contributed by atoms with Crippen LogP contribution < -0.4 is 5.73 Å². The lowest BCUT2D eigenvalue weighted by Crippen LogP contribution is -2.08. The van der Waals surface area contributed by atoms with E-state index in [0.29, 0.717) is 4.99 Å². The molecule has 0 aromatic heterocycles. The highest BCUT2D eigenvalue weighted by Gasteiger charge is 1.93. The zero-order chi connectivity index (χ0) is 8.27. The molecule has 0 saturated heterocycles. The Labute approximate surface area is 79.6 Å². The maximum Gasteiger partial charge on any atom is 0.103 e. The van der Waals surface area contributed by atoms with Crippen LogP contribution in [0, 0.1) is 0 Å². The molecule has 1 rings (SSSR count). The lowest BCUT2D eigenvalue weighted by Gasteiger charge is -1.98. The second kappa shape index (κ2) is 4.88. The maximum atomic E-state index is 5.44.